The number of halogens is 2. The van der Waals surface area contributed by atoms with Crippen molar-refractivity contribution in [2.75, 3.05) is 51.8 Å². The lowest BCUT2D eigenvalue weighted by molar-refractivity contribution is 0.365. The third kappa shape index (κ3) is 5.57. The molecule has 7 nitrogen and oxygen atoms in total. The summed E-state index contributed by atoms with van der Waals surface area (Å²) in [5, 5.41) is 3.49. The van der Waals surface area contributed by atoms with Gasteiger partial charge in [-0.2, -0.15) is 4.98 Å². The number of aliphatic imine (C=N–C) groups is 1. The molecule has 9 heteroatoms. The Balaban J connectivity index is 0.00000225. The van der Waals surface area contributed by atoms with E-state index in [4.69, 9.17) is 4.74 Å². The van der Waals surface area contributed by atoms with Crippen LogP contribution in [-0.2, 0) is 0 Å². The second-order valence-corrected chi connectivity index (χ2v) is 7.06. The number of rotatable bonds is 5. The molecule has 0 radical (unpaired) electrons. The van der Waals surface area contributed by atoms with Crippen molar-refractivity contribution in [3.8, 4) is 5.88 Å². The summed E-state index contributed by atoms with van der Waals surface area (Å²) in [6.45, 7) is 4.57. The van der Waals surface area contributed by atoms with Crippen LogP contribution in [0.3, 0.4) is 0 Å². The highest BCUT2D eigenvalue weighted by Crippen LogP contribution is 2.31. The molecule has 0 unspecified atom stereocenters. The Labute approximate surface area is 174 Å². The van der Waals surface area contributed by atoms with Gasteiger partial charge in [-0.15, -0.1) is 24.0 Å². The van der Waals surface area contributed by atoms with Crippen LogP contribution in [0.25, 0.3) is 0 Å². The van der Waals surface area contributed by atoms with Crippen LogP contribution in [0, 0.1) is 5.92 Å². The second-order valence-electron chi connectivity index (χ2n) is 6.21. The monoisotopic (exact) mass is 524 g/mol. The summed E-state index contributed by atoms with van der Waals surface area (Å²) in [7, 11) is 3.47. The van der Waals surface area contributed by atoms with E-state index in [1.807, 2.05) is 7.05 Å². The quantitative estimate of drug-likeness (QED) is 0.362. The van der Waals surface area contributed by atoms with Gasteiger partial charge in [0.15, 0.2) is 5.96 Å². The van der Waals surface area contributed by atoms with Crippen molar-refractivity contribution in [1.82, 2.24) is 20.2 Å². The Morgan fingerprint density at radius 3 is 2.68 bits per heavy atom. The molecule has 25 heavy (non-hydrogen) atoms. The maximum atomic E-state index is 5.26. The first kappa shape index (κ1) is 20.5. The number of nitrogens with one attached hydrogen (secondary N) is 1. The summed E-state index contributed by atoms with van der Waals surface area (Å²) < 4.78 is 6.03. The first-order valence-electron chi connectivity index (χ1n) is 8.48. The van der Waals surface area contributed by atoms with Gasteiger partial charge >= 0.3 is 0 Å². The van der Waals surface area contributed by atoms with Gasteiger partial charge in [0, 0.05) is 39.8 Å². The average Bonchev–Trinajstić information content (AvgIpc) is 3.44. The van der Waals surface area contributed by atoms with Crippen molar-refractivity contribution in [1.29, 1.82) is 0 Å². The van der Waals surface area contributed by atoms with Crippen molar-refractivity contribution in [2.45, 2.75) is 19.3 Å². The SMILES string of the molecule is CN=C(NCCC1CC1)N1CCN(c2ncc(Br)c(OC)n2)CC1.I. The number of methoxy groups -OCH3 is 1. The molecule has 140 valence electrons. The molecular formula is C16H26BrIN6O. The van der Waals surface area contributed by atoms with E-state index in [2.05, 4.69) is 46.0 Å². The second kappa shape index (κ2) is 9.75. The van der Waals surface area contributed by atoms with Gasteiger partial charge in [0.25, 0.3) is 0 Å². The van der Waals surface area contributed by atoms with E-state index in [9.17, 15) is 0 Å². The summed E-state index contributed by atoms with van der Waals surface area (Å²) in [4.78, 5) is 17.8. The third-order valence-corrected chi connectivity index (χ3v) is 5.04. The van der Waals surface area contributed by atoms with Gasteiger partial charge in [0.1, 0.15) is 0 Å². The predicted octanol–water partition coefficient (Wildman–Crippen LogP) is 2.36. The van der Waals surface area contributed by atoms with Crippen LogP contribution < -0.4 is 15.0 Å². The lowest BCUT2D eigenvalue weighted by Crippen LogP contribution is -2.53. The summed E-state index contributed by atoms with van der Waals surface area (Å²) in [6, 6.07) is 0. The van der Waals surface area contributed by atoms with E-state index < -0.39 is 0 Å². The fourth-order valence-electron chi connectivity index (χ4n) is 2.88. The molecule has 0 atom stereocenters. The van der Waals surface area contributed by atoms with Crippen LogP contribution in [0.5, 0.6) is 5.88 Å². The predicted molar refractivity (Wildman–Crippen MR) is 114 cm³/mol. The molecule has 1 N–H and O–H groups in total. The van der Waals surface area contributed by atoms with E-state index in [0.717, 1.165) is 49.1 Å². The van der Waals surface area contributed by atoms with Crippen molar-refractivity contribution in [3.63, 3.8) is 0 Å². The smallest absolute Gasteiger partial charge is 0.232 e. The Kier molecular flexibility index (Phi) is 7.98. The van der Waals surface area contributed by atoms with Crippen LogP contribution in [0.15, 0.2) is 15.7 Å². The van der Waals surface area contributed by atoms with Gasteiger partial charge in [-0.1, -0.05) is 12.8 Å². The maximum absolute atomic E-state index is 5.26. The number of guanidine groups is 1. The van der Waals surface area contributed by atoms with Crippen molar-refractivity contribution in [2.24, 2.45) is 10.9 Å². The van der Waals surface area contributed by atoms with E-state index >= 15 is 0 Å². The molecule has 0 bridgehead atoms. The fourth-order valence-corrected chi connectivity index (χ4v) is 3.24. The zero-order valence-corrected chi connectivity index (χ0v) is 18.7. The summed E-state index contributed by atoms with van der Waals surface area (Å²) in [5.74, 6) is 3.23. The van der Waals surface area contributed by atoms with E-state index in [1.165, 1.54) is 19.3 Å². The lowest BCUT2D eigenvalue weighted by atomic mass is 10.3. The minimum absolute atomic E-state index is 0. The number of anilines is 1. The van der Waals surface area contributed by atoms with Gasteiger partial charge < -0.3 is 19.9 Å². The van der Waals surface area contributed by atoms with Crippen LogP contribution in [-0.4, -0.2) is 67.7 Å². The Bertz CT molecular complexity index is 590. The van der Waals surface area contributed by atoms with Crippen LogP contribution in [0.1, 0.15) is 19.3 Å². The van der Waals surface area contributed by atoms with Gasteiger partial charge in [0.2, 0.25) is 11.8 Å². The zero-order chi connectivity index (χ0) is 16.9. The van der Waals surface area contributed by atoms with E-state index in [-0.39, 0.29) is 24.0 Å². The van der Waals surface area contributed by atoms with Crippen molar-refractivity contribution >= 4 is 51.8 Å². The Hall–Kier alpha value is -0.840. The fraction of sp³-hybridized carbons (Fsp3) is 0.688. The first-order valence-corrected chi connectivity index (χ1v) is 9.27. The number of piperazine rings is 1. The number of ether oxygens (including phenoxy) is 1. The largest absolute Gasteiger partial charge is 0.480 e. The molecular weight excluding hydrogens is 499 g/mol. The minimum atomic E-state index is 0. The Morgan fingerprint density at radius 2 is 2.08 bits per heavy atom. The number of aromatic nitrogens is 2. The molecule has 1 aromatic rings. The number of nitrogens with zero attached hydrogens (tertiary/aromatic N) is 5. The van der Waals surface area contributed by atoms with Gasteiger partial charge in [-0.25, -0.2) is 4.98 Å². The highest BCUT2D eigenvalue weighted by atomic mass is 127. The van der Waals surface area contributed by atoms with Crippen molar-refractivity contribution in [3.05, 3.63) is 10.7 Å². The van der Waals surface area contributed by atoms with E-state index in [0.29, 0.717) is 11.8 Å². The number of hydrogen-bond donors (Lipinski definition) is 1. The average molecular weight is 525 g/mol. The van der Waals surface area contributed by atoms with E-state index in [1.54, 1.807) is 13.3 Å². The normalized spacial score (nSPS) is 18.0. The molecule has 1 saturated heterocycles. The van der Waals surface area contributed by atoms with Crippen LogP contribution in [0.2, 0.25) is 0 Å². The highest BCUT2D eigenvalue weighted by Gasteiger charge is 2.23. The molecule has 1 aliphatic carbocycles. The summed E-state index contributed by atoms with van der Waals surface area (Å²) in [5.41, 5.74) is 0. The molecule has 2 aliphatic rings. The van der Waals surface area contributed by atoms with Crippen LogP contribution >= 0.6 is 39.9 Å². The van der Waals surface area contributed by atoms with Gasteiger partial charge in [0.05, 0.1) is 17.8 Å². The molecule has 1 aliphatic heterocycles. The Morgan fingerprint density at radius 1 is 1.36 bits per heavy atom. The molecule has 1 aromatic heterocycles. The molecule has 0 spiro atoms. The third-order valence-electron chi connectivity index (χ3n) is 4.50. The maximum Gasteiger partial charge on any atom is 0.232 e. The first-order chi connectivity index (χ1) is 11.7. The standard InChI is InChI=1S/C16H25BrN6O.HI/c1-18-15(19-6-5-12-3-4-12)22-7-9-23(10-8-22)16-20-11-13(17)14(21-16)24-2;/h11-12H,3-10H2,1-2H3,(H,18,19);1H. The molecule has 0 aromatic carbocycles. The molecule has 2 heterocycles. The van der Waals surface area contributed by atoms with Gasteiger partial charge in [-0.3, -0.25) is 4.99 Å². The molecule has 0 amide bonds. The van der Waals surface area contributed by atoms with Crippen LogP contribution in [0.4, 0.5) is 5.95 Å². The summed E-state index contributed by atoms with van der Waals surface area (Å²) in [6.07, 6.45) is 5.79. The highest BCUT2D eigenvalue weighted by molar-refractivity contribution is 14.0. The lowest BCUT2D eigenvalue weighted by Gasteiger charge is -2.36. The van der Waals surface area contributed by atoms with Gasteiger partial charge in [-0.05, 0) is 28.3 Å². The molecule has 2 fully saturated rings. The zero-order valence-electron chi connectivity index (χ0n) is 14.7. The molecule has 1 saturated carbocycles. The number of hydrogen-bond acceptors (Lipinski definition) is 5. The molecule has 3 rings (SSSR count). The topological polar surface area (TPSA) is 65.9 Å². The minimum Gasteiger partial charge on any atom is -0.480 e. The summed E-state index contributed by atoms with van der Waals surface area (Å²) >= 11 is 3.39. The van der Waals surface area contributed by atoms with Crippen molar-refractivity contribution < 1.29 is 4.74 Å².